The van der Waals surface area contributed by atoms with E-state index in [-0.39, 0.29) is 30.4 Å². The molecular weight excluding hydrogens is 224 g/mol. The summed E-state index contributed by atoms with van der Waals surface area (Å²) in [7, 11) is 0. The first-order valence-electron chi connectivity index (χ1n) is 4.93. The molecule has 2 N–H and O–H groups in total. The van der Waals surface area contributed by atoms with Gasteiger partial charge in [0.15, 0.2) is 0 Å². The number of nitro groups is 1. The minimum atomic E-state index is -0.479. The van der Waals surface area contributed by atoms with E-state index in [1.807, 2.05) is 0 Å². The fraction of sp³-hybridized carbons (Fsp3) is 0.200. The van der Waals surface area contributed by atoms with Crippen molar-refractivity contribution in [1.29, 1.82) is 0 Å². The topological polar surface area (TPSA) is 102 Å². The molecule has 1 aromatic rings. The number of nitrogens with zero attached hydrogens (tertiary/aromatic N) is 3. The number of carbonyl (C=O) groups is 1. The summed E-state index contributed by atoms with van der Waals surface area (Å²) < 4.78 is 0. The van der Waals surface area contributed by atoms with Crippen molar-refractivity contribution < 1.29 is 9.72 Å². The molecule has 1 aliphatic heterocycles. The Morgan fingerprint density at radius 1 is 1.53 bits per heavy atom. The van der Waals surface area contributed by atoms with Crippen molar-refractivity contribution in [3.05, 3.63) is 39.9 Å². The lowest BCUT2D eigenvalue weighted by molar-refractivity contribution is -0.384. The third-order valence-corrected chi connectivity index (χ3v) is 2.32. The molecule has 0 saturated carbocycles. The summed E-state index contributed by atoms with van der Waals surface area (Å²) >= 11 is 0. The highest BCUT2D eigenvalue weighted by atomic mass is 16.6. The minimum Gasteiger partial charge on any atom is -0.385 e. The first kappa shape index (κ1) is 11.1. The number of nitro benzene ring substituents is 1. The lowest BCUT2D eigenvalue weighted by atomic mass is 10.2. The summed E-state index contributed by atoms with van der Waals surface area (Å²) in [6.07, 6.45) is 0.106. The number of amidine groups is 1. The molecule has 0 fully saturated rings. The van der Waals surface area contributed by atoms with E-state index in [0.29, 0.717) is 5.56 Å². The highest BCUT2D eigenvalue weighted by Gasteiger charge is 2.22. The zero-order valence-electron chi connectivity index (χ0n) is 8.87. The van der Waals surface area contributed by atoms with Crippen LogP contribution >= 0.6 is 0 Å². The molecule has 0 radical (unpaired) electrons. The zero-order chi connectivity index (χ0) is 12.4. The molecule has 2 rings (SSSR count). The molecule has 1 aliphatic rings. The van der Waals surface area contributed by atoms with Crippen LogP contribution in [0.5, 0.6) is 0 Å². The van der Waals surface area contributed by atoms with Crippen LogP contribution in [0.1, 0.15) is 12.0 Å². The first-order valence-corrected chi connectivity index (χ1v) is 4.93. The predicted octanol–water partition coefficient (Wildman–Crippen LogP) is 0.599. The molecule has 88 valence electrons. The van der Waals surface area contributed by atoms with E-state index in [2.05, 4.69) is 5.10 Å². The van der Waals surface area contributed by atoms with Crippen LogP contribution in [0, 0.1) is 10.1 Å². The predicted molar refractivity (Wildman–Crippen MR) is 59.9 cm³/mol. The number of benzene rings is 1. The average molecular weight is 234 g/mol. The lowest BCUT2D eigenvalue weighted by Gasteiger charge is -2.10. The third kappa shape index (κ3) is 2.39. The minimum absolute atomic E-state index is 0.00824. The van der Waals surface area contributed by atoms with Crippen LogP contribution in [-0.2, 0) is 11.3 Å². The second kappa shape index (κ2) is 4.20. The fourth-order valence-corrected chi connectivity index (χ4v) is 1.56. The number of hydrogen-bond acceptors (Lipinski definition) is 5. The Morgan fingerprint density at radius 3 is 2.88 bits per heavy atom. The van der Waals surface area contributed by atoms with E-state index in [1.165, 1.54) is 17.1 Å². The smallest absolute Gasteiger partial charge is 0.269 e. The van der Waals surface area contributed by atoms with Gasteiger partial charge in [-0.05, 0) is 5.56 Å². The van der Waals surface area contributed by atoms with E-state index in [9.17, 15) is 14.9 Å². The molecule has 0 saturated heterocycles. The van der Waals surface area contributed by atoms with Gasteiger partial charge in [-0.25, -0.2) is 5.01 Å². The Hall–Kier alpha value is -2.44. The third-order valence-electron chi connectivity index (χ3n) is 2.32. The van der Waals surface area contributed by atoms with E-state index in [0.717, 1.165) is 0 Å². The van der Waals surface area contributed by atoms with Gasteiger partial charge >= 0.3 is 0 Å². The van der Waals surface area contributed by atoms with Crippen LogP contribution in [0.3, 0.4) is 0 Å². The van der Waals surface area contributed by atoms with Gasteiger partial charge in [-0.15, -0.1) is 0 Å². The molecule has 1 amide bonds. The van der Waals surface area contributed by atoms with Crippen molar-refractivity contribution in [3.8, 4) is 0 Å². The van der Waals surface area contributed by atoms with Gasteiger partial charge in [-0.1, -0.05) is 12.1 Å². The van der Waals surface area contributed by atoms with Crippen LogP contribution in [0.4, 0.5) is 5.69 Å². The van der Waals surface area contributed by atoms with E-state index in [4.69, 9.17) is 5.73 Å². The van der Waals surface area contributed by atoms with Crippen molar-refractivity contribution in [3.63, 3.8) is 0 Å². The summed E-state index contributed by atoms with van der Waals surface area (Å²) in [5.41, 5.74) is 6.06. The second-order valence-electron chi connectivity index (χ2n) is 3.65. The van der Waals surface area contributed by atoms with Crippen molar-refractivity contribution in [2.24, 2.45) is 10.8 Å². The molecule has 0 bridgehead atoms. The largest absolute Gasteiger partial charge is 0.385 e. The Kier molecular flexibility index (Phi) is 2.73. The van der Waals surface area contributed by atoms with Crippen molar-refractivity contribution in [2.75, 3.05) is 0 Å². The Balaban J connectivity index is 2.16. The summed E-state index contributed by atoms with van der Waals surface area (Å²) in [6, 6.07) is 6.08. The molecule has 0 atom stereocenters. The molecule has 1 aromatic carbocycles. The summed E-state index contributed by atoms with van der Waals surface area (Å²) in [5, 5.41) is 15.6. The quantitative estimate of drug-likeness (QED) is 0.611. The summed E-state index contributed by atoms with van der Waals surface area (Å²) in [4.78, 5) is 21.5. The molecule has 0 spiro atoms. The number of nitrogens with two attached hydrogens (primary N) is 1. The Bertz CT molecular complexity index is 512. The van der Waals surface area contributed by atoms with Gasteiger partial charge in [0.05, 0.1) is 17.9 Å². The molecular formula is C10H10N4O3. The SMILES string of the molecule is NC1=NN(Cc2cccc([N+](=O)[O-])c2)C(=O)C1. The summed E-state index contributed by atoms with van der Waals surface area (Å²) in [5.74, 6) is 0.0643. The van der Waals surface area contributed by atoms with Crippen LogP contribution in [0.15, 0.2) is 29.4 Å². The normalized spacial score (nSPS) is 14.9. The van der Waals surface area contributed by atoms with E-state index in [1.54, 1.807) is 12.1 Å². The maximum atomic E-state index is 11.4. The molecule has 0 unspecified atom stereocenters. The highest BCUT2D eigenvalue weighted by Crippen LogP contribution is 2.16. The van der Waals surface area contributed by atoms with Gasteiger partial charge in [0, 0.05) is 12.1 Å². The number of non-ortho nitro benzene ring substituents is 1. The Labute approximate surface area is 96.7 Å². The van der Waals surface area contributed by atoms with Crippen LogP contribution in [0.2, 0.25) is 0 Å². The molecule has 17 heavy (non-hydrogen) atoms. The molecule has 0 aliphatic carbocycles. The number of carbonyl (C=O) groups excluding carboxylic acids is 1. The van der Waals surface area contributed by atoms with Crippen molar-refractivity contribution in [2.45, 2.75) is 13.0 Å². The van der Waals surface area contributed by atoms with Crippen molar-refractivity contribution >= 4 is 17.4 Å². The van der Waals surface area contributed by atoms with Gasteiger partial charge in [0.2, 0.25) is 0 Å². The maximum absolute atomic E-state index is 11.4. The number of hydrazone groups is 1. The molecule has 7 nitrogen and oxygen atoms in total. The van der Waals surface area contributed by atoms with Crippen LogP contribution < -0.4 is 5.73 Å². The standard InChI is InChI=1S/C10H10N4O3/c11-9-5-10(15)13(12-9)6-7-2-1-3-8(4-7)14(16)17/h1-4H,5-6H2,(H2,11,12). The van der Waals surface area contributed by atoms with Crippen molar-refractivity contribution in [1.82, 2.24) is 5.01 Å². The monoisotopic (exact) mass is 234 g/mol. The molecule has 0 aromatic heterocycles. The van der Waals surface area contributed by atoms with Gasteiger partial charge in [0.1, 0.15) is 5.84 Å². The zero-order valence-corrected chi connectivity index (χ0v) is 8.87. The summed E-state index contributed by atoms with van der Waals surface area (Å²) in [6.45, 7) is 0.196. The van der Waals surface area contributed by atoms with E-state index >= 15 is 0 Å². The number of amides is 1. The van der Waals surface area contributed by atoms with Gasteiger partial charge in [-0.2, -0.15) is 5.10 Å². The van der Waals surface area contributed by atoms with Gasteiger partial charge in [0.25, 0.3) is 11.6 Å². The van der Waals surface area contributed by atoms with Gasteiger partial charge in [-0.3, -0.25) is 14.9 Å². The van der Waals surface area contributed by atoms with Crippen LogP contribution in [0.25, 0.3) is 0 Å². The highest BCUT2D eigenvalue weighted by molar-refractivity contribution is 6.02. The average Bonchev–Trinajstić information content (AvgIpc) is 2.58. The molecule has 1 heterocycles. The maximum Gasteiger partial charge on any atom is 0.269 e. The van der Waals surface area contributed by atoms with Gasteiger partial charge < -0.3 is 5.73 Å². The fourth-order valence-electron chi connectivity index (χ4n) is 1.56. The first-order chi connectivity index (χ1) is 8.06. The second-order valence-corrected chi connectivity index (χ2v) is 3.65. The molecule has 7 heteroatoms. The lowest BCUT2D eigenvalue weighted by Crippen LogP contribution is -2.20. The van der Waals surface area contributed by atoms with Crippen LogP contribution in [-0.4, -0.2) is 21.7 Å². The Morgan fingerprint density at radius 2 is 2.29 bits per heavy atom. The van der Waals surface area contributed by atoms with E-state index < -0.39 is 4.92 Å². The number of hydrogen-bond donors (Lipinski definition) is 1. The number of rotatable bonds is 3.